The van der Waals surface area contributed by atoms with Gasteiger partial charge >= 0.3 is 0 Å². The fourth-order valence-corrected chi connectivity index (χ4v) is 2.81. The summed E-state index contributed by atoms with van der Waals surface area (Å²) in [5.41, 5.74) is 2.36. The Morgan fingerprint density at radius 3 is 3.04 bits per heavy atom. The maximum absolute atomic E-state index is 14.4. The summed E-state index contributed by atoms with van der Waals surface area (Å²) in [5, 5.41) is 18.0. The predicted octanol–water partition coefficient (Wildman–Crippen LogP) is 1.92. The molecule has 1 aliphatic heterocycles. The summed E-state index contributed by atoms with van der Waals surface area (Å²) in [4.78, 5) is 13.5. The first-order valence-corrected chi connectivity index (χ1v) is 8.48. The van der Waals surface area contributed by atoms with Gasteiger partial charge in [-0.15, -0.1) is 9.78 Å². The van der Waals surface area contributed by atoms with Crippen molar-refractivity contribution in [3.63, 3.8) is 0 Å². The van der Waals surface area contributed by atoms with Gasteiger partial charge in [-0.25, -0.2) is 4.39 Å². The molecule has 3 aromatic rings. The molecule has 2 aromatic heterocycles. The summed E-state index contributed by atoms with van der Waals surface area (Å²) in [6.07, 6.45) is 1.96. The molecular formula is C19H17FN5O2+. The van der Waals surface area contributed by atoms with Gasteiger partial charge in [0.1, 0.15) is 23.8 Å². The first-order valence-electron chi connectivity index (χ1n) is 8.48. The van der Waals surface area contributed by atoms with Gasteiger partial charge in [0.05, 0.1) is 18.5 Å². The lowest BCUT2D eigenvalue weighted by Gasteiger charge is -2.13. The molecule has 0 spiro atoms. The first-order chi connectivity index (χ1) is 13.2. The molecule has 27 heavy (non-hydrogen) atoms. The van der Waals surface area contributed by atoms with E-state index in [1.54, 1.807) is 29.9 Å². The van der Waals surface area contributed by atoms with Crippen LogP contribution in [0.25, 0.3) is 10.9 Å². The van der Waals surface area contributed by atoms with E-state index < -0.39 is 0 Å². The standard InChI is InChI=1S/C19H17FN5O2/c1-12(24-27-8-7-26)16-4-5-18-22-19(25(18)23-16)10-14-9-13-3-2-6-21-17(13)11-15(14)20/h2-6,9,11,26H,7-8,10H2,1H3/q+1/b24-12-. The summed E-state index contributed by atoms with van der Waals surface area (Å²) in [7, 11) is 0. The molecule has 0 saturated carbocycles. The van der Waals surface area contributed by atoms with E-state index in [0.29, 0.717) is 40.6 Å². The molecule has 0 unspecified atom stereocenters. The van der Waals surface area contributed by atoms with E-state index in [4.69, 9.17) is 9.94 Å². The smallest absolute Gasteiger partial charge is 0.290 e. The minimum absolute atomic E-state index is 0.104. The van der Waals surface area contributed by atoms with E-state index in [1.165, 1.54) is 6.07 Å². The number of halogens is 1. The molecule has 1 aromatic carbocycles. The molecule has 1 aliphatic rings. The van der Waals surface area contributed by atoms with Gasteiger partial charge in [0.25, 0.3) is 11.7 Å². The van der Waals surface area contributed by atoms with Crippen LogP contribution in [-0.2, 0) is 11.3 Å². The van der Waals surface area contributed by atoms with E-state index in [-0.39, 0.29) is 19.0 Å². The van der Waals surface area contributed by atoms with Gasteiger partial charge in [-0.1, -0.05) is 16.2 Å². The van der Waals surface area contributed by atoms with Crippen molar-refractivity contribution in [1.82, 2.24) is 10.1 Å². The first kappa shape index (κ1) is 17.2. The number of hydrogen-bond acceptors (Lipinski definition) is 6. The van der Waals surface area contributed by atoms with Crippen LogP contribution in [0.1, 0.15) is 18.2 Å². The van der Waals surface area contributed by atoms with Gasteiger partial charge in [0.15, 0.2) is 0 Å². The number of aliphatic hydroxyl groups excluding tert-OH is 1. The summed E-state index contributed by atoms with van der Waals surface area (Å²) < 4.78 is 16.1. The lowest BCUT2D eigenvalue weighted by Crippen LogP contribution is -2.54. The second kappa shape index (κ2) is 7.16. The molecule has 0 bridgehead atoms. The van der Waals surface area contributed by atoms with Gasteiger partial charge in [-0.3, -0.25) is 4.98 Å². The maximum atomic E-state index is 14.4. The minimum atomic E-state index is -0.316. The number of aromatic nitrogens is 3. The van der Waals surface area contributed by atoms with Crippen molar-refractivity contribution in [2.24, 2.45) is 10.1 Å². The van der Waals surface area contributed by atoms with Gasteiger partial charge in [-0.2, -0.15) is 0 Å². The zero-order valence-electron chi connectivity index (χ0n) is 14.6. The third kappa shape index (κ3) is 3.39. The average Bonchev–Trinajstić information content (AvgIpc) is 2.66. The Morgan fingerprint density at radius 2 is 2.19 bits per heavy atom. The van der Waals surface area contributed by atoms with E-state index >= 15 is 0 Å². The van der Waals surface area contributed by atoms with E-state index in [1.807, 2.05) is 18.2 Å². The zero-order valence-corrected chi connectivity index (χ0v) is 14.6. The molecule has 0 amide bonds. The summed E-state index contributed by atoms with van der Waals surface area (Å²) in [6, 6.07) is 10.6. The largest absolute Gasteiger partial charge is 0.393 e. The summed E-state index contributed by atoms with van der Waals surface area (Å²) in [6.45, 7) is 1.78. The van der Waals surface area contributed by atoms with Crippen molar-refractivity contribution < 1.29 is 19.0 Å². The fraction of sp³-hybridized carbons (Fsp3) is 0.211. The third-order valence-electron chi connectivity index (χ3n) is 4.18. The van der Waals surface area contributed by atoms with Crippen molar-refractivity contribution in [3.8, 4) is 0 Å². The Labute approximate surface area is 154 Å². The van der Waals surface area contributed by atoms with Crippen LogP contribution in [0.2, 0.25) is 0 Å². The molecule has 0 radical (unpaired) electrons. The van der Waals surface area contributed by atoms with Crippen molar-refractivity contribution in [2.45, 2.75) is 13.3 Å². The van der Waals surface area contributed by atoms with E-state index in [2.05, 4.69) is 20.2 Å². The lowest BCUT2D eigenvalue weighted by molar-refractivity contribution is -0.625. The zero-order chi connectivity index (χ0) is 18.8. The van der Waals surface area contributed by atoms with Crippen LogP contribution in [0.4, 0.5) is 10.2 Å². The number of fused-ring (bicyclic) bond motifs is 2. The fourth-order valence-electron chi connectivity index (χ4n) is 2.81. The molecular weight excluding hydrogens is 349 g/mol. The van der Waals surface area contributed by atoms with E-state index in [9.17, 15) is 4.39 Å². The lowest BCUT2D eigenvalue weighted by atomic mass is 10.1. The minimum Gasteiger partial charge on any atom is -0.393 e. The topological polar surface area (TPSA) is 83.8 Å². The molecule has 0 saturated heterocycles. The molecule has 7 nitrogen and oxygen atoms in total. The number of aliphatic hydroxyl groups is 1. The molecule has 136 valence electrons. The number of hydrogen-bond donors (Lipinski definition) is 1. The summed E-state index contributed by atoms with van der Waals surface area (Å²) in [5.74, 6) is 1.03. The predicted molar refractivity (Wildman–Crippen MR) is 97.6 cm³/mol. The highest BCUT2D eigenvalue weighted by molar-refractivity contribution is 5.96. The SMILES string of the molecule is C/C(=N/OCCO)c1ccc2[n+](n1)C(Cc1cc3cccnc3cc1F)=N2. The van der Waals surface area contributed by atoms with Crippen LogP contribution in [0.3, 0.4) is 0 Å². The highest BCUT2D eigenvalue weighted by Gasteiger charge is 2.29. The normalized spacial score (nSPS) is 13.1. The van der Waals surface area contributed by atoms with Crippen molar-refractivity contribution >= 4 is 28.3 Å². The number of pyridine rings is 1. The van der Waals surface area contributed by atoms with E-state index in [0.717, 1.165) is 5.39 Å². The number of nitrogens with zero attached hydrogens (tertiary/aromatic N) is 5. The second-order valence-electron chi connectivity index (χ2n) is 6.07. The van der Waals surface area contributed by atoms with Crippen LogP contribution in [0.15, 0.2) is 52.7 Å². The molecule has 1 N–H and O–H groups in total. The van der Waals surface area contributed by atoms with Gasteiger partial charge in [0.2, 0.25) is 0 Å². The average molecular weight is 366 g/mol. The Morgan fingerprint density at radius 1 is 1.30 bits per heavy atom. The Bertz CT molecular complexity index is 1080. The second-order valence-corrected chi connectivity index (χ2v) is 6.07. The van der Waals surface area contributed by atoms with Gasteiger partial charge < -0.3 is 9.94 Å². The number of oxime groups is 1. The van der Waals surface area contributed by atoms with Gasteiger partial charge in [0, 0.05) is 23.7 Å². The molecule has 3 heterocycles. The maximum Gasteiger partial charge on any atom is 0.290 e. The third-order valence-corrected chi connectivity index (χ3v) is 4.18. The monoisotopic (exact) mass is 366 g/mol. The van der Waals surface area contributed by atoms with Gasteiger partial charge in [-0.05, 0) is 30.7 Å². The quantitative estimate of drug-likeness (QED) is 0.313. The number of rotatable bonds is 6. The van der Waals surface area contributed by atoms with Crippen molar-refractivity contribution in [3.05, 3.63) is 59.7 Å². The molecule has 0 atom stereocenters. The van der Waals surface area contributed by atoms with Crippen LogP contribution >= 0.6 is 0 Å². The Hall–Kier alpha value is -3.26. The molecule has 4 rings (SSSR count). The van der Waals surface area contributed by atoms with Crippen molar-refractivity contribution in [1.29, 1.82) is 0 Å². The van der Waals surface area contributed by atoms with Crippen molar-refractivity contribution in [2.75, 3.05) is 13.2 Å². The van der Waals surface area contributed by atoms with Crippen LogP contribution < -0.4 is 4.68 Å². The molecule has 8 heteroatoms. The van der Waals surface area contributed by atoms with Crippen LogP contribution in [0.5, 0.6) is 0 Å². The Kier molecular flexibility index (Phi) is 4.55. The number of benzene rings is 1. The summed E-state index contributed by atoms with van der Waals surface area (Å²) >= 11 is 0. The molecule has 0 aliphatic carbocycles. The number of aliphatic imine (C=N–C) groups is 1. The Balaban J connectivity index is 1.57. The van der Waals surface area contributed by atoms with Crippen LogP contribution in [-0.4, -0.2) is 40.0 Å². The highest BCUT2D eigenvalue weighted by atomic mass is 19.1. The molecule has 0 fully saturated rings. The highest BCUT2D eigenvalue weighted by Crippen LogP contribution is 2.20. The van der Waals surface area contributed by atoms with Crippen LogP contribution in [0, 0.1) is 5.82 Å².